The van der Waals surface area contributed by atoms with E-state index in [2.05, 4.69) is 15.4 Å². The molecule has 0 fully saturated rings. The molecule has 10 heteroatoms. The fourth-order valence-corrected chi connectivity index (χ4v) is 3.88. The number of aromatic nitrogens is 3. The Morgan fingerprint density at radius 1 is 1.35 bits per heavy atom. The number of alkyl halides is 1. The minimum absolute atomic E-state index is 0.0219. The van der Waals surface area contributed by atoms with Crippen molar-refractivity contribution in [1.29, 1.82) is 0 Å². The third kappa shape index (κ3) is 2.54. The summed E-state index contributed by atoms with van der Waals surface area (Å²) in [6.45, 7) is 0.668. The molecular weight excluding hydrogens is 325 g/mol. The van der Waals surface area contributed by atoms with Gasteiger partial charge in [0, 0.05) is 0 Å². The Morgan fingerprint density at radius 2 is 2.13 bits per heavy atom. The Balaban J connectivity index is 2.00. The van der Waals surface area contributed by atoms with Crippen molar-refractivity contribution < 1.29 is 17.6 Å². The number of carbonyl (C=O) groups is 1. The van der Waals surface area contributed by atoms with Gasteiger partial charge in [-0.3, -0.25) is 0 Å². The second-order valence-electron chi connectivity index (χ2n) is 4.98. The van der Waals surface area contributed by atoms with Gasteiger partial charge in [-0.15, -0.1) is 0 Å². The number of amides is 2. The van der Waals surface area contributed by atoms with Gasteiger partial charge in [0.2, 0.25) is 0 Å². The number of sulfonamides is 1. The first kappa shape index (κ1) is 15.4. The van der Waals surface area contributed by atoms with E-state index in [1.54, 1.807) is 19.1 Å². The number of rotatable bonds is 4. The summed E-state index contributed by atoms with van der Waals surface area (Å²) in [7, 11) is -4.02. The van der Waals surface area contributed by atoms with Gasteiger partial charge in [0.1, 0.15) is 23.7 Å². The molecule has 2 amide bonds. The van der Waals surface area contributed by atoms with Gasteiger partial charge in [-0.25, -0.2) is 31.6 Å². The molecular formula is C13H14FN5O3S. The van der Waals surface area contributed by atoms with E-state index in [1.165, 1.54) is 17.1 Å². The lowest BCUT2D eigenvalue weighted by Gasteiger charge is -2.29. The predicted octanol–water partition coefficient (Wildman–Crippen LogP) is 1.29. The topological polar surface area (TPSA) is 97.2 Å². The highest BCUT2D eigenvalue weighted by Gasteiger charge is 2.38. The number of para-hydroxylation sites is 1. The Morgan fingerprint density at radius 3 is 2.87 bits per heavy atom. The van der Waals surface area contributed by atoms with Gasteiger partial charge in [-0.1, -0.05) is 12.1 Å². The highest BCUT2D eigenvalue weighted by Crippen LogP contribution is 2.33. The van der Waals surface area contributed by atoms with Gasteiger partial charge >= 0.3 is 6.03 Å². The molecule has 1 aromatic carbocycles. The lowest BCUT2D eigenvalue weighted by atomic mass is 10.2. The second-order valence-corrected chi connectivity index (χ2v) is 6.81. The predicted molar refractivity (Wildman–Crippen MR) is 78.9 cm³/mol. The van der Waals surface area contributed by atoms with E-state index in [4.69, 9.17) is 0 Å². The summed E-state index contributed by atoms with van der Waals surface area (Å²) in [6.07, 6.45) is 1.19. The Hall–Kier alpha value is -2.49. The lowest BCUT2D eigenvalue weighted by Crippen LogP contribution is -2.44. The molecule has 0 saturated heterocycles. The van der Waals surface area contributed by atoms with Crippen molar-refractivity contribution in [3.8, 4) is 0 Å². The van der Waals surface area contributed by atoms with Crippen LogP contribution in [-0.2, 0) is 23.1 Å². The first-order valence-corrected chi connectivity index (χ1v) is 8.25. The molecule has 0 atom stereocenters. The van der Waals surface area contributed by atoms with Crippen LogP contribution in [0.5, 0.6) is 0 Å². The molecule has 0 unspecified atom stereocenters. The summed E-state index contributed by atoms with van der Waals surface area (Å²) < 4.78 is 39.8. The van der Waals surface area contributed by atoms with Crippen molar-refractivity contribution in [1.82, 2.24) is 19.1 Å². The minimum Gasteiger partial charge on any atom is -0.305 e. The number of hydrogen-bond donors (Lipinski definition) is 1. The highest BCUT2D eigenvalue weighted by molar-refractivity contribution is 7.90. The maximum Gasteiger partial charge on any atom is 0.336 e. The Labute approximate surface area is 132 Å². The number of carbonyl (C=O) groups excluding carboxylic acids is 1. The number of hydrogen-bond acceptors (Lipinski definition) is 5. The number of nitrogens with one attached hydrogen (secondary N) is 1. The molecule has 1 aliphatic rings. The van der Waals surface area contributed by atoms with Crippen molar-refractivity contribution in [2.45, 2.75) is 24.9 Å². The van der Waals surface area contributed by atoms with E-state index >= 15 is 0 Å². The molecule has 2 aromatic rings. The number of benzene rings is 1. The minimum atomic E-state index is -4.02. The van der Waals surface area contributed by atoms with Gasteiger partial charge in [-0.05, 0) is 18.6 Å². The molecule has 0 spiro atoms. The average Bonchev–Trinajstić information content (AvgIpc) is 2.93. The molecule has 122 valence electrons. The number of halogens is 1. The molecule has 3 rings (SSSR count). The van der Waals surface area contributed by atoms with Gasteiger partial charge in [0.05, 0.1) is 18.8 Å². The van der Waals surface area contributed by atoms with E-state index in [0.717, 1.165) is 0 Å². The van der Waals surface area contributed by atoms with Crippen LogP contribution in [0.3, 0.4) is 0 Å². The molecule has 1 N–H and O–H groups in total. The van der Waals surface area contributed by atoms with Crippen molar-refractivity contribution in [3.63, 3.8) is 0 Å². The Bertz CT molecular complexity index is 864. The summed E-state index contributed by atoms with van der Waals surface area (Å²) in [5.74, 6) is 0.192. The van der Waals surface area contributed by atoms with Gasteiger partial charge in [0.25, 0.3) is 10.0 Å². The van der Waals surface area contributed by atoms with Crippen LogP contribution < -0.4 is 5.32 Å². The third-order valence-corrected chi connectivity index (χ3v) is 5.31. The molecule has 2 heterocycles. The fourth-order valence-electron chi connectivity index (χ4n) is 2.38. The quantitative estimate of drug-likeness (QED) is 0.905. The van der Waals surface area contributed by atoms with E-state index in [0.29, 0.717) is 9.87 Å². The molecule has 8 nitrogen and oxygen atoms in total. The van der Waals surface area contributed by atoms with Gasteiger partial charge in [-0.2, -0.15) is 5.10 Å². The summed E-state index contributed by atoms with van der Waals surface area (Å²) in [6, 6.07) is 3.97. The first-order chi connectivity index (χ1) is 10.9. The zero-order valence-corrected chi connectivity index (χ0v) is 13.0. The SMILES string of the molecule is Cc1cccc2c1NC(=O)N(Cc1ncnn1CCF)S2(=O)=O. The molecule has 1 aliphatic heterocycles. The van der Waals surface area contributed by atoms with E-state index in [-0.39, 0.29) is 29.5 Å². The van der Waals surface area contributed by atoms with Crippen molar-refractivity contribution in [2.75, 3.05) is 12.0 Å². The van der Waals surface area contributed by atoms with Crippen molar-refractivity contribution >= 4 is 21.7 Å². The Kier molecular flexibility index (Phi) is 3.76. The normalized spacial score (nSPS) is 16.1. The van der Waals surface area contributed by atoms with Crippen LogP contribution in [-0.4, -0.2) is 40.2 Å². The zero-order valence-electron chi connectivity index (χ0n) is 12.2. The van der Waals surface area contributed by atoms with Gasteiger partial charge < -0.3 is 5.32 Å². The van der Waals surface area contributed by atoms with Crippen LogP contribution in [0, 0.1) is 6.92 Å². The van der Waals surface area contributed by atoms with Gasteiger partial charge in [0.15, 0.2) is 0 Å². The van der Waals surface area contributed by atoms with Crippen molar-refractivity contribution in [3.05, 3.63) is 35.9 Å². The first-order valence-electron chi connectivity index (χ1n) is 6.81. The van der Waals surface area contributed by atoms with Crippen LogP contribution in [0.25, 0.3) is 0 Å². The highest BCUT2D eigenvalue weighted by atomic mass is 32.2. The van der Waals surface area contributed by atoms with Crippen molar-refractivity contribution in [2.24, 2.45) is 0 Å². The summed E-state index contributed by atoms with van der Waals surface area (Å²) in [5.41, 5.74) is 0.929. The van der Waals surface area contributed by atoms with E-state index < -0.39 is 22.7 Å². The smallest absolute Gasteiger partial charge is 0.305 e. The average molecular weight is 339 g/mol. The number of urea groups is 1. The molecule has 23 heavy (non-hydrogen) atoms. The molecule has 1 aromatic heterocycles. The maximum absolute atomic E-state index is 12.7. The van der Waals surface area contributed by atoms with E-state index in [1.807, 2.05) is 0 Å². The fraction of sp³-hybridized carbons (Fsp3) is 0.308. The molecule has 0 bridgehead atoms. The molecule has 0 radical (unpaired) electrons. The van der Waals surface area contributed by atoms with E-state index in [9.17, 15) is 17.6 Å². The number of anilines is 1. The van der Waals surface area contributed by atoms with Crippen LogP contribution in [0.15, 0.2) is 29.4 Å². The monoisotopic (exact) mass is 339 g/mol. The number of nitrogens with zero attached hydrogens (tertiary/aromatic N) is 4. The standard InChI is InChI=1S/C13H14FN5O3S/c1-9-3-2-4-10-12(9)17-13(20)19(23(10,21)22)7-11-15-8-16-18(11)6-5-14/h2-4,8H,5-7H2,1H3,(H,17,20). The maximum atomic E-state index is 12.7. The number of fused-ring (bicyclic) bond motifs is 1. The van der Waals surface area contributed by atoms with Crippen LogP contribution >= 0.6 is 0 Å². The van der Waals surface area contributed by atoms with Crippen LogP contribution in [0.4, 0.5) is 14.9 Å². The molecule has 0 saturated carbocycles. The number of aryl methyl sites for hydroxylation is 2. The van der Waals surface area contributed by atoms with Crippen LogP contribution in [0.1, 0.15) is 11.4 Å². The second kappa shape index (κ2) is 5.61. The summed E-state index contributed by atoms with van der Waals surface area (Å²) in [4.78, 5) is 16.1. The zero-order chi connectivity index (χ0) is 16.6. The molecule has 0 aliphatic carbocycles. The largest absolute Gasteiger partial charge is 0.336 e. The summed E-state index contributed by atoms with van der Waals surface area (Å²) in [5, 5.41) is 6.39. The lowest BCUT2D eigenvalue weighted by molar-refractivity contribution is 0.232. The van der Waals surface area contributed by atoms with Crippen LogP contribution in [0.2, 0.25) is 0 Å². The summed E-state index contributed by atoms with van der Waals surface area (Å²) >= 11 is 0. The third-order valence-electron chi connectivity index (χ3n) is 3.54.